The minimum Gasteiger partial charge on any atom is -0.383 e. The van der Waals surface area contributed by atoms with Crippen molar-refractivity contribution in [2.75, 3.05) is 46.9 Å². The van der Waals surface area contributed by atoms with Crippen molar-refractivity contribution in [2.45, 2.75) is 38.9 Å². The average molecular weight is 258 g/mol. The van der Waals surface area contributed by atoms with Crippen LogP contribution in [0.15, 0.2) is 0 Å². The van der Waals surface area contributed by atoms with Crippen molar-refractivity contribution >= 4 is 0 Å². The molecular formula is C14H30N2O2. The molecule has 4 nitrogen and oxygen atoms in total. The second-order valence-corrected chi connectivity index (χ2v) is 5.76. The summed E-state index contributed by atoms with van der Waals surface area (Å²) in [4.78, 5) is 2.29. The smallest absolute Gasteiger partial charge is 0.0707 e. The lowest BCUT2D eigenvalue weighted by Gasteiger charge is -2.21. The first-order valence-corrected chi connectivity index (χ1v) is 7.15. The summed E-state index contributed by atoms with van der Waals surface area (Å²) in [5, 5.41) is 3.48. The van der Waals surface area contributed by atoms with E-state index in [0.717, 1.165) is 32.8 Å². The number of methoxy groups -OCH3 is 1. The quantitative estimate of drug-likeness (QED) is 0.677. The Morgan fingerprint density at radius 3 is 2.72 bits per heavy atom. The molecule has 0 aromatic carbocycles. The van der Waals surface area contributed by atoms with Gasteiger partial charge in [-0.15, -0.1) is 0 Å². The molecule has 0 amide bonds. The van der Waals surface area contributed by atoms with Crippen molar-refractivity contribution in [3.8, 4) is 0 Å². The second-order valence-electron chi connectivity index (χ2n) is 5.76. The second kappa shape index (κ2) is 8.86. The van der Waals surface area contributed by atoms with Crippen LogP contribution >= 0.6 is 0 Å². The number of nitrogens with one attached hydrogen (secondary N) is 1. The summed E-state index contributed by atoms with van der Waals surface area (Å²) in [6.45, 7) is 9.33. The van der Waals surface area contributed by atoms with Crippen molar-refractivity contribution in [3.05, 3.63) is 0 Å². The first-order chi connectivity index (χ1) is 8.61. The number of nitrogens with zero attached hydrogens (tertiary/aromatic N) is 1. The zero-order chi connectivity index (χ0) is 13.4. The molecule has 4 heteroatoms. The molecule has 0 radical (unpaired) electrons. The molecule has 18 heavy (non-hydrogen) atoms. The molecule has 1 N–H and O–H groups in total. The van der Waals surface area contributed by atoms with E-state index in [9.17, 15) is 0 Å². The molecule has 2 atom stereocenters. The maximum atomic E-state index is 6.05. The molecule has 1 heterocycles. The summed E-state index contributed by atoms with van der Waals surface area (Å²) in [6, 6.07) is 0. The molecule has 0 bridgehead atoms. The molecule has 1 aliphatic rings. The lowest BCUT2D eigenvalue weighted by molar-refractivity contribution is 0.0239. The summed E-state index contributed by atoms with van der Waals surface area (Å²) in [7, 11) is 3.88. The normalized spacial score (nSPS) is 24.3. The molecule has 108 valence electrons. The van der Waals surface area contributed by atoms with Crippen molar-refractivity contribution in [1.82, 2.24) is 10.2 Å². The van der Waals surface area contributed by atoms with Crippen LogP contribution in [0.1, 0.15) is 26.7 Å². The van der Waals surface area contributed by atoms with Crippen LogP contribution in [-0.2, 0) is 9.47 Å². The van der Waals surface area contributed by atoms with Crippen LogP contribution < -0.4 is 5.32 Å². The average Bonchev–Trinajstić information content (AvgIpc) is 2.73. The highest BCUT2D eigenvalue weighted by molar-refractivity contribution is 4.77. The van der Waals surface area contributed by atoms with Gasteiger partial charge in [-0.05, 0) is 32.4 Å². The Balaban J connectivity index is 2.09. The standard InChI is InChI=1S/C14H30N2O2/c1-12(2)9-15-10-13-5-6-14(18-13)11-16(3)7-8-17-4/h12-15H,5-11H2,1-4H3. The summed E-state index contributed by atoms with van der Waals surface area (Å²) in [6.07, 6.45) is 3.18. The van der Waals surface area contributed by atoms with E-state index in [-0.39, 0.29) is 0 Å². The molecule has 1 aliphatic heterocycles. The Kier molecular flexibility index (Phi) is 7.82. The summed E-state index contributed by atoms with van der Waals surface area (Å²) in [5.41, 5.74) is 0. The van der Waals surface area contributed by atoms with Gasteiger partial charge in [-0.25, -0.2) is 0 Å². The summed E-state index contributed by atoms with van der Waals surface area (Å²) < 4.78 is 11.1. The van der Waals surface area contributed by atoms with Gasteiger partial charge in [-0.1, -0.05) is 13.8 Å². The number of hydrogen-bond acceptors (Lipinski definition) is 4. The molecule has 1 saturated heterocycles. The van der Waals surface area contributed by atoms with E-state index in [0.29, 0.717) is 18.1 Å². The van der Waals surface area contributed by atoms with Gasteiger partial charge in [-0.3, -0.25) is 0 Å². The van der Waals surface area contributed by atoms with Gasteiger partial charge >= 0.3 is 0 Å². The maximum Gasteiger partial charge on any atom is 0.0707 e. The Morgan fingerprint density at radius 1 is 1.33 bits per heavy atom. The minimum atomic E-state index is 0.401. The van der Waals surface area contributed by atoms with Gasteiger partial charge in [0, 0.05) is 26.7 Å². The number of likely N-dealkylation sites (N-methyl/N-ethyl adjacent to an activating group) is 1. The predicted octanol–water partition coefficient (Wildman–Crippen LogP) is 1.36. The Labute approximate surface area is 112 Å². The van der Waals surface area contributed by atoms with Crippen LogP contribution in [0.2, 0.25) is 0 Å². The van der Waals surface area contributed by atoms with Crippen LogP contribution in [0, 0.1) is 5.92 Å². The molecule has 0 aliphatic carbocycles. The highest BCUT2D eigenvalue weighted by atomic mass is 16.5. The van der Waals surface area contributed by atoms with Crippen molar-refractivity contribution in [3.63, 3.8) is 0 Å². The number of ether oxygens (including phenoxy) is 2. The first kappa shape index (κ1) is 15.9. The van der Waals surface area contributed by atoms with E-state index in [1.807, 2.05) is 0 Å². The van der Waals surface area contributed by atoms with Gasteiger partial charge < -0.3 is 19.7 Å². The van der Waals surface area contributed by atoms with Gasteiger partial charge in [0.1, 0.15) is 0 Å². The first-order valence-electron chi connectivity index (χ1n) is 7.15. The lowest BCUT2D eigenvalue weighted by atomic mass is 10.2. The van der Waals surface area contributed by atoms with E-state index >= 15 is 0 Å². The fourth-order valence-electron chi connectivity index (χ4n) is 2.28. The van der Waals surface area contributed by atoms with Crippen molar-refractivity contribution in [1.29, 1.82) is 0 Å². The molecule has 0 aromatic rings. The van der Waals surface area contributed by atoms with Gasteiger partial charge in [0.2, 0.25) is 0 Å². The predicted molar refractivity (Wildman–Crippen MR) is 75.0 cm³/mol. The topological polar surface area (TPSA) is 33.7 Å². The Hall–Kier alpha value is -0.160. The van der Waals surface area contributed by atoms with Crippen LogP contribution in [-0.4, -0.2) is 64.1 Å². The number of rotatable bonds is 9. The van der Waals surface area contributed by atoms with Crippen LogP contribution in [0.25, 0.3) is 0 Å². The van der Waals surface area contributed by atoms with Crippen molar-refractivity contribution < 1.29 is 9.47 Å². The van der Waals surface area contributed by atoms with E-state index in [4.69, 9.17) is 9.47 Å². The van der Waals surface area contributed by atoms with E-state index in [1.54, 1.807) is 7.11 Å². The third-order valence-corrected chi connectivity index (χ3v) is 3.31. The van der Waals surface area contributed by atoms with Crippen LogP contribution in [0.4, 0.5) is 0 Å². The third-order valence-electron chi connectivity index (χ3n) is 3.31. The highest BCUT2D eigenvalue weighted by Gasteiger charge is 2.25. The molecule has 2 unspecified atom stereocenters. The summed E-state index contributed by atoms with van der Waals surface area (Å²) >= 11 is 0. The van der Waals surface area contributed by atoms with Gasteiger partial charge in [0.05, 0.1) is 18.8 Å². The van der Waals surface area contributed by atoms with Crippen molar-refractivity contribution in [2.24, 2.45) is 5.92 Å². The van der Waals surface area contributed by atoms with Crippen LogP contribution in [0.5, 0.6) is 0 Å². The molecule has 0 saturated carbocycles. The number of hydrogen-bond donors (Lipinski definition) is 1. The fourth-order valence-corrected chi connectivity index (χ4v) is 2.28. The van der Waals surface area contributed by atoms with E-state index < -0.39 is 0 Å². The molecule has 1 fully saturated rings. The Bertz CT molecular complexity index is 212. The SMILES string of the molecule is COCCN(C)CC1CCC(CNCC(C)C)O1. The van der Waals surface area contributed by atoms with Crippen LogP contribution in [0.3, 0.4) is 0 Å². The third kappa shape index (κ3) is 6.69. The van der Waals surface area contributed by atoms with Gasteiger partial charge in [0.25, 0.3) is 0 Å². The van der Waals surface area contributed by atoms with Gasteiger partial charge in [0.15, 0.2) is 0 Å². The van der Waals surface area contributed by atoms with Gasteiger partial charge in [-0.2, -0.15) is 0 Å². The minimum absolute atomic E-state index is 0.401. The molecule has 0 spiro atoms. The highest BCUT2D eigenvalue weighted by Crippen LogP contribution is 2.19. The molecular weight excluding hydrogens is 228 g/mol. The summed E-state index contributed by atoms with van der Waals surface area (Å²) in [5.74, 6) is 0.711. The lowest BCUT2D eigenvalue weighted by Crippen LogP contribution is -2.34. The van der Waals surface area contributed by atoms with E-state index in [1.165, 1.54) is 12.8 Å². The zero-order valence-electron chi connectivity index (χ0n) is 12.4. The molecule has 0 aromatic heterocycles. The fraction of sp³-hybridized carbons (Fsp3) is 1.00. The monoisotopic (exact) mass is 258 g/mol. The molecule has 1 rings (SSSR count). The maximum absolute atomic E-state index is 6.05. The van der Waals surface area contributed by atoms with E-state index in [2.05, 4.69) is 31.1 Å². The largest absolute Gasteiger partial charge is 0.383 e. The zero-order valence-corrected chi connectivity index (χ0v) is 12.4. The Morgan fingerprint density at radius 2 is 2.06 bits per heavy atom.